The molecule has 0 unspecified atom stereocenters. The Morgan fingerprint density at radius 2 is 1.83 bits per heavy atom. The average molecular weight is 575 g/mol. The molecule has 1 fully saturated rings. The molecule has 0 aliphatic carbocycles. The normalized spacial score (nSPS) is 18.7. The van der Waals surface area contributed by atoms with Gasteiger partial charge in [-0.3, -0.25) is 29.1 Å². The van der Waals surface area contributed by atoms with Crippen molar-refractivity contribution in [3.05, 3.63) is 84.2 Å². The van der Waals surface area contributed by atoms with Gasteiger partial charge in [0, 0.05) is 63.3 Å². The largest absolute Gasteiger partial charge is 0.492 e. The summed E-state index contributed by atoms with van der Waals surface area (Å²) in [6.07, 6.45) is 9.51. The Morgan fingerprint density at radius 1 is 1.02 bits per heavy atom. The van der Waals surface area contributed by atoms with Crippen LogP contribution >= 0.6 is 0 Å². The van der Waals surface area contributed by atoms with Crippen molar-refractivity contribution in [2.75, 3.05) is 39.3 Å². The van der Waals surface area contributed by atoms with Crippen LogP contribution in [0.4, 0.5) is 0 Å². The number of carbonyl (C=O) groups is 4. The molecule has 0 saturated carbocycles. The molecule has 42 heavy (non-hydrogen) atoms. The van der Waals surface area contributed by atoms with E-state index in [9.17, 15) is 14.4 Å². The van der Waals surface area contributed by atoms with E-state index in [-0.39, 0.29) is 41.7 Å². The fraction of sp³-hybridized carbons (Fsp3) is 0.367. The van der Waals surface area contributed by atoms with Crippen molar-refractivity contribution in [2.45, 2.75) is 25.2 Å². The third-order valence-electron chi connectivity index (χ3n) is 7.25. The van der Waals surface area contributed by atoms with Gasteiger partial charge in [-0.05, 0) is 42.2 Å². The van der Waals surface area contributed by atoms with Crippen LogP contribution in [0.3, 0.4) is 0 Å². The molecule has 3 aromatic rings. The van der Waals surface area contributed by atoms with Crippen LogP contribution in [-0.4, -0.2) is 93.4 Å². The second kappa shape index (κ2) is 15.2. The minimum absolute atomic E-state index is 0.0302. The van der Waals surface area contributed by atoms with E-state index in [2.05, 4.69) is 20.3 Å². The number of fused-ring (bicyclic) bond motifs is 4. The highest BCUT2D eigenvalue weighted by molar-refractivity contribution is 5.92. The van der Waals surface area contributed by atoms with Gasteiger partial charge in [0.2, 0.25) is 11.8 Å². The predicted octanol–water partition coefficient (Wildman–Crippen LogP) is 1.79. The van der Waals surface area contributed by atoms with Gasteiger partial charge < -0.3 is 25.0 Å². The average Bonchev–Trinajstić information content (AvgIpc) is 3.48. The number of carboxylic acid groups (broad SMARTS) is 1. The van der Waals surface area contributed by atoms with Gasteiger partial charge in [-0.25, -0.2) is 4.98 Å². The molecule has 1 aromatic carbocycles. The summed E-state index contributed by atoms with van der Waals surface area (Å²) in [6, 6.07) is 11.5. The molecule has 2 aliphatic rings. The van der Waals surface area contributed by atoms with Crippen molar-refractivity contribution < 1.29 is 29.0 Å². The van der Waals surface area contributed by atoms with Gasteiger partial charge in [0.25, 0.3) is 12.4 Å². The van der Waals surface area contributed by atoms with Gasteiger partial charge in [0.15, 0.2) is 0 Å². The monoisotopic (exact) mass is 574 g/mol. The molecule has 5 rings (SSSR count). The summed E-state index contributed by atoms with van der Waals surface area (Å²) in [6.45, 7) is 2.14. The number of hydrogen-bond acceptors (Lipinski definition) is 8. The predicted molar refractivity (Wildman–Crippen MR) is 152 cm³/mol. The number of nitrogens with one attached hydrogen (secondary N) is 1. The maximum absolute atomic E-state index is 13.4. The quantitative estimate of drug-likeness (QED) is 0.444. The summed E-state index contributed by atoms with van der Waals surface area (Å²) >= 11 is 0. The Bertz CT molecular complexity index is 1340. The molecular formula is C30H34N6O6. The number of carbonyl (C=O) groups excluding carboxylic acids is 3. The Hall–Kier alpha value is -4.87. The fourth-order valence-electron chi connectivity index (χ4n) is 5.17. The van der Waals surface area contributed by atoms with Crippen LogP contribution in [0.2, 0.25) is 0 Å². The lowest BCUT2D eigenvalue weighted by atomic mass is 9.88. The summed E-state index contributed by atoms with van der Waals surface area (Å²) in [5.74, 6) is -0.121. The van der Waals surface area contributed by atoms with Gasteiger partial charge in [-0.2, -0.15) is 0 Å². The van der Waals surface area contributed by atoms with E-state index in [4.69, 9.17) is 14.6 Å². The zero-order valence-corrected chi connectivity index (χ0v) is 23.2. The number of aryl methyl sites for hydroxylation is 1. The minimum Gasteiger partial charge on any atom is -0.492 e. The molecule has 2 aromatic heterocycles. The molecule has 2 aliphatic heterocycles. The zero-order valence-electron chi connectivity index (χ0n) is 23.2. The first-order valence-corrected chi connectivity index (χ1v) is 13.8. The van der Waals surface area contributed by atoms with Crippen molar-refractivity contribution in [1.82, 2.24) is 30.1 Å². The number of aromatic nitrogens is 3. The molecule has 12 nitrogen and oxygen atoms in total. The van der Waals surface area contributed by atoms with E-state index in [1.807, 2.05) is 36.4 Å². The van der Waals surface area contributed by atoms with Crippen molar-refractivity contribution in [1.29, 1.82) is 0 Å². The first-order valence-electron chi connectivity index (χ1n) is 13.8. The highest BCUT2D eigenvalue weighted by Crippen LogP contribution is 2.35. The number of pyridine rings is 1. The Labute approximate surface area is 243 Å². The van der Waals surface area contributed by atoms with Crippen LogP contribution < -0.4 is 10.1 Å². The van der Waals surface area contributed by atoms with Crippen LogP contribution in [0.25, 0.3) is 0 Å². The van der Waals surface area contributed by atoms with Crippen molar-refractivity contribution in [3.63, 3.8) is 0 Å². The Morgan fingerprint density at radius 3 is 2.60 bits per heavy atom. The van der Waals surface area contributed by atoms with E-state index in [1.54, 1.807) is 22.2 Å². The lowest BCUT2D eigenvalue weighted by Crippen LogP contribution is -2.39. The van der Waals surface area contributed by atoms with Gasteiger partial charge in [-0.1, -0.05) is 18.2 Å². The van der Waals surface area contributed by atoms with E-state index < -0.39 is 0 Å². The minimum atomic E-state index is -0.372. The highest BCUT2D eigenvalue weighted by Gasteiger charge is 2.40. The summed E-state index contributed by atoms with van der Waals surface area (Å²) in [7, 11) is 0. The number of hydrogen-bond donors (Lipinski definition) is 2. The second-order valence-corrected chi connectivity index (χ2v) is 9.93. The maximum atomic E-state index is 13.4. The molecule has 0 radical (unpaired) electrons. The van der Waals surface area contributed by atoms with E-state index in [0.717, 1.165) is 11.1 Å². The molecule has 3 amide bonds. The Kier molecular flexibility index (Phi) is 10.9. The lowest BCUT2D eigenvalue weighted by molar-refractivity contribution is -0.130. The first-order chi connectivity index (χ1) is 20.5. The molecule has 4 heterocycles. The molecule has 220 valence electrons. The van der Waals surface area contributed by atoms with Crippen molar-refractivity contribution in [2.24, 2.45) is 5.92 Å². The molecule has 12 heteroatoms. The SMILES string of the molecule is O=C1NCCCN(C(=O)c2cnccn2)CCOc2cccc(c2)[C@H]2CN(C(=O)CCc3cccnc3)C[C@H]12.O=CO. The first kappa shape index (κ1) is 30.1. The molecule has 2 bridgehead atoms. The third kappa shape index (κ3) is 8.09. The lowest BCUT2D eigenvalue weighted by Gasteiger charge is -2.24. The molecule has 1 saturated heterocycles. The third-order valence-corrected chi connectivity index (χ3v) is 7.25. The van der Waals surface area contributed by atoms with Gasteiger partial charge in [-0.15, -0.1) is 0 Å². The smallest absolute Gasteiger partial charge is 0.290 e. The van der Waals surface area contributed by atoms with Gasteiger partial charge >= 0.3 is 0 Å². The molecular weight excluding hydrogens is 540 g/mol. The number of rotatable bonds is 4. The topological polar surface area (TPSA) is 155 Å². The molecule has 0 spiro atoms. The highest BCUT2D eigenvalue weighted by atomic mass is 16.5. The van der Waals surface area contributed by atoms with E-state index in [0.29, 0.717) is 64.3 Å². The van der Waals surface area contributed by atoms with Crippen LogP contribution in [0, 0.1) is 5.92 Å². The fourth-order valence-corrected chi connectivity index (χ4v) is 5.17. The summed E-state index contributed by atoms with van der Waals surface area (Å²) in [5, 5.41) is 9.94. The Balaban J connectivity index is 0.00000129. The summed E-state index contributed by atoms with van der Waals surface area (Å²) < 4.78 is 6.03. The van der Waals surface area contributed by atoms with Crippen LogP contribution in [0.1, 0.15) is 40.4 Å². The number of likely N-dealkylation sites (tertiary alicyclic amines) is 1. The molecule has 2 N–H and O–H groups in total. The van der Waals surface area contributed by atoms with Crippen LogP contribution in [-0.2, 0) is 20.8 Å². The summed E-state index contributed by atoms with van der Waals surface area (Å²) in [5.41, 5.74) is 2.24. The zero-order chi connectivity index (χ0) is 29.7. The number of amides is 3. The van der Waals surface area contributed by atoms with Crippen molar-refractivity contribution >= 4 is 24.2 Å². The van der Waals surface area contributed by atoms with Gasteiger partial charge in [0.1, 0.15) is 18.1 Å². The van der Waals surface area contributed by atoms with E-state index >= 15 is 0 Å². The number of nitrogens with zero attached hydrogens (tertiary/aromatic N) is 5. The van der Waals surface area contributed by atoms with Crippen LogP contribution in [0.5, 0.6) is 5.75 Å². The van der Waals surface area contributed by atoms with Crippen molar-refractivity contribution in [3.8, 4) is 5.75 Å². The standard InChI is InChI=1S/C29H32N6O4.CH2O2/c36-27(8-7-21-4-2-9-30-17-21)35-19-24-22-5-1-6-23(16-22)39-15-14-34(29(38)26-18-31-11-12-32-26)13-3-10-33-28(37)25(24)20-35;2-1-3/h1-2,4-6,9,11-12,16-18,24-25H,3,7-8,10,13-15,19-20H2,(H,33,37);1H,(H,2,3)/t24-,25+;/m1./s1. The maximum Gasteiger partial charge on any atom is 0.290 e. The van der Waals surface area contributed by atoms with E-state index in [1.165, 1.54) is 18.6 Å². The summed E-state index contributed by atoms with van der Waals surface area (Å²) in [4.78, 5) is 63.6. The number of benzene rings is 1. The second-order valence-electron chi connectivity index (χ2n) is 9.93. The van der Waals surface area contributed by atoms with Gasteiger partial charge in [0.05, 0.1) is 18.7 Å². The van der Waals surface area contributed by atoms with Crippen LogP contribution in [0.15, 0.2) is 67.4 Å². The number of ether oxygens (including phenoxy) is 1. The molecule has 2 atom stereocenters.